The fourth-order valence-corrected chi connectivity index (χ4v) is 7.19. The molecule has 7 rings (SSSR count). The number of hydrogen-bond donors (Lipinski definition) is 0. The maximum Gasteiger partial charge on any atom is 0.319 e. The van der Waals surface area contributed by atoms with Crippen molar-refractivity contribution in [2.24, 2.45) is 5.92 Å². The lowest BCUT2D eigenvalue weighted by atomic mass is 9.95. The first-order valence-electron chi connectivity index (χ1n) is 15.3. The Bertz CT molecular complexity index is 1880. The number of anilines is 1. The van der Waals surface area contributed by atoms with Crippen LogP contribution in [0.15, 0.2) is 24.3 Å². The number of benzene rings is 2. The van der Waals surface area contributed by atoms with Gasteiger partial charge in [0.1, 0.15) is 46.8 Å². The summed E-state index contributed by atoms with van der Waals surface area (Å²) in [6, 6.07) is 5.97. The Morgan fingerprint density at radius 3 is 2.63 bits per heavy atom. The van der Waals surface area contributed by atoms with Crippen molar-refractivity contribution in [3.05, 3.63) is 41.5 Å². The van der Waals surface area contributed by atoms with Crippen molar-refractivity contribution in [2.75, 3.05) is 58.7 Å². The van der Waals surface area contributed by atoms with Gasteiger partial charge in [0.15, 0.2) is 12.6 Å². The normalized spacial score (nSPS) is 21.4. The van der Waals surface area contributed by atoms with Crippen molar-refractivity contribution >= 4 is 27.5 Å². The molecule has 0 saturated carbocycles. The molecule has 3 aliphatic heterocycles. The lowest BCUT2D eigenvalue weighted by molar-refractivity contribution is 0.0512. The van der Waals surface area contributed by atoms with Crippen molar-refractivity contribution in [1.29, 1.82) is 0 Å². The second-order valence-electron chi connectivity index (χ2n) is 12.4. The maximum atomic E-state index is 17.0. The standard InChI is InChI=1S/C34H34F3N5O4/c1-5-23-25(36)8-7-20-11-22(46-18-43-3)12-24(26(20)23)29-28(37)30-27(32(38-29)44-4)31(41-14-19(2)15-41)40-33(39-30)45-17-34-9-6-10-42(34)16-21(35)13-34/h1,7-8,11-12,19,21H,6,9-10,13-18H2,2-4H3/t21-,34+/m1/s1. The molecule has 5 heterocycles. The van der Waals surface area contributed by atoms with Crippen molar-refractivity contribution in [2.45, 2.75) is 37.9 Å². The van der Waals surface area contributed by atoms with E-state index in [1.54, 1.807) is 12.1 Å². The van der Waals surface area contributed by atoms with Crippen LogP contribution in [0.25, 0.3) is 32.9 Å². The number of rotatable bonds is 9. The molecule has 2 aromatic carbocycles. The third-order valence-electron chi connectivity index (χ3n) is 9.28. The fourth-order valence-electron chi connectivity index (χ4n) is 7.19. The molecule has 4 aromatic rings. The minimum Gasteiger partial charge on any atom is -0.480 e. The molecule has 3 saturated heterocycles. The fraction of sp³-hybridized carbons (Fsp3) is 0.441. The average molecular weight is 634 g/mol. The number of methoxy groups -OCH3 is 2. The predicted molar refractivity (Wildman–Crippen MR) is 167 cm³/mol. The summed E-state index contributed by atoms with van der Waals surface area (Å²) in [5.74, 6) is 2.24. The van der Waals surface area contributed by atoms with Crippen LogP contribution in [-0.4, -0.2) is 85.4 Å². The molecule has 0 amide bonds. The van der Waals surface area contributed by atoms with Gasteiger partial charge in [-0.3, -0.25) is 4.90 Å². The van der Waals surface area contributed by atoms with E-state index in [9.17, 15) is 4.39 Å². The first-order valence-corrected chi connectivity index (χ1v) is 15.3. The zero-order valence-electron chi connectivity index (χ0n) is 25.9. The zero-order chi connectivity index (χ0) is 32.2. The maximum absolute atomic E-state index is 17.0. The highest BCUT2D eigenvalue weighted by atomic mass is 19.1. The van der Waals surface area contributed by atoms with Crippen molar-refractivity contribution in [3.8, 4) is 41.2 Å². The zero-order valence-corrected chi connectivity index (χ0v) is 25.9. The van der Waals surface area contributed by atoms with Gasteiger partial charge in [0.2, 0.25) is 5.88 Å². The molecule has 0 radical (unpaired) electrons. The first-order chi connectivity index (χ1) is 22.2. The number of alkyl halides is 1. The van der Waals surface area contributed by atoms with Gasteiger partial charge in [0.25, 0.3) is 0 Å². The van der Waals surface area contributed by atoms with Crippen molar-refractivity contribution in [1.82, 2.24) is 19.9 Å². The molecule has 12 heteroatoms. The van der Waals surface area contributed by atoms with Crippen molar-refractivity contribution in [3.63, 3.8) is 0 Å². The largest absolute Gasteiger partial charge is 0.480 e. The van der Waals surface area contributed by atoms with E-state index in [2.05, 4.69) is 27.7 Å². The highest BCUT2D eigenvalue weighted by molar-refractivity contribution is 6.04. The summed E-state index contributed by atoms with van der Waals surface area (Å²) in [5, 5.41) is 1.08. The van der Waals surface area contributed by atoms with E-state index in [1.165, 1.54) is 26.4 Å². The SMILES string of the molecule is C#Cc1c(F)ccc2cc(OCOC)cc(-c3nc(OC)c4c(N5CC(C)C5)nc(OC[C@@]56CCCN5C[C@H](F)C6)nc4c3F)c12. The number of aromatic nitrogens is 3. The Morgan fingerprint density at radius 1 is 1.07 bits per heavy atom. The number of halogens is 3. The molecule has 0 N–H and O–H groups in total. The minimum atomic E-state index is -0.925. The molecule has 240 valence electrons. The van der Waals surface area contributed by atoms with Gasteiger partial charge in [-0.1, -0.05) is 18.9 Å². The van der Waals surface area contributed by atoms with Crippen LogP contribution in [0.5, 0.6) is 17.6 Å². The highest BCUT2D eigenvalue weighted by Crippen LogP contribution is 2.44. The van der Waals surface area contributed by atoms with Gasteiger partial charge in [0, 0.05) is 44.1 Å². The van der Waals surface area contributed by atoms with E-state index >= 15 is 8.78 Å². The Morgan fingerprint density at radius 2 is 1.89 bits per heavy atom. The van der Waals surface area contributed by atoms with Gasteiger partial charge < -0.3 is 23.8 Å². The number of terminal acetylenes is 1. The molecule has 2 atom stereocenters. The van der Waals surface area contributed by atoms with E-state index in [0.717, 1.165) is 19.4 Å². The van der Waals surface area contributed by atoms with Crippen LogP contribution in [0.3, 0.4) is 0 Å². The van der Waals surface area contributed by atoms with E-state index in [1.807, 2.05) is 4.90 Å². The topological polar surface area (TPSA) is 82.1 Å². The van der Waals surface area contributed by atoms with E-state index in [-0.39, 0.29) is 58.4 Å². The number of fused-ring (bicyclic) bond motifs is 3. The molecule has 0 aliphatic carbocycles. The number of nitrogens with zero attached hydrogens (tertiary/aromatic N) is 5. The van der Waals surface area contributed by atoms with E-state index in [4.69, 9.17) is 30.4 Å². The van der Waals surface area contributed by atoms with Crippen LogP contribution in [0.2, 0.25) is 0 Å². The molecule has 3 aliphatic rings. The smallest absolute Gasteiger partial charge is 0.319 e. The first kappa shape index (κ1) is 30.3. The number of ether oxygens (including phenoxy) is 4. The predicted octanol–water partition coefficient (Wildman–Crippen LogP) is 5.51. The summed E-state index contributed by atoms with van der Waals surface area (Å²) in [7, 11) is 2.91. The number of hydrogen-bond acceptors (Lipinski definition) is 9. The van der Waals surface area contributed by atoms with Crippen LogP contribution in [0.1, 0.15) is 31.7 Å². The van der Waals surface area contributed by atoms with Crippen LogP contribution < -0.4 is 19.1 Å². The van der Waals surface area contributed by atoms with Crippen LogP contribution in [-0.2, 0) is 4.74 Å². The molecule has 0 bridgehead atoms. The van der Waals surface area contributed by atoms with E-state index < -0.39 is 23.3 Å². The summed E-state index contributed by atoms with van der Waals surface area (Å²) < 4.78 is 69.2. The molecule has 46 heavy (non-hydrogen) atoms. The summed E-state index contributed by atoms with van der Waals surface area (Å²) in [4.78, 5) is 18.0. The van der Waals surface area contributed by atoms with Gasteiger partial charge in [-0.2, -0.15) is 9.97 Å². The van der Waals surface area contributed by atoms with E-state index in [0.29, 0.717) is 48.9 Å². The van der Waals surface area contributed by atoms with Crippen LogP contribution in [0, 0.1) is 29.9 Å². The average Bonchev–Trinajstić information content (AvgIpc) is 3.56. The Labute approximate surface area is 264 Å². The Balaban J connectivity index is 1.42. The third-order valence-corrected chi connectivity index (χ3v) is 9.28. The second kappa shape index (κ2) is 11.8. The summed E-state index contributed by atoms with van der Waals surface area (Å²) >= 11 is 0. The molecule has 0 unspecified atom stereocenters. The second-order valence-corrected chi connectivity index (χ2v) is 12.4. The number of pyridine rings is 1. The van der Waals surface area contributed by atoms with Gasteiger partial charge in [0.05, 0.1) is 18.2 Å². The highest BCUT2D eigenvalue weighted by Gasteiger charge is 2.49. The molecule has 0 spiro atoms. The Hall–Kier alpha value is -4.34. The summed E-state index contributed by atoms with van der Waals surface area (Å²) in [6.07, 6.45) is 6.95. The van der Waals surface area contributed by atoms with Gasteiger partial charge >= 0.3 is 6.01 Å². The molecule has 9 nitrogen and oxygen atoms in total. The third kappa shape index (κ3) is 5.02. The lowest BCUT2D eigenvalue weighted by Crippen LogP contribution is -2.46. The molecule has 3 fully saturated rings. The molecular formula is C34H34F3N5O4. The summed E-state index contributed by atoms with van der Waals surface area (Å²) in [6.45, 7) is 4.78. The monoisotopic (exact) mass is 633 g/mol. The Kier molecular flexibility index (Phi) is 7.77. The minimum absolute atomic E-state index is 0.0268. The summed E-state index contributed by atoms with van der Waals surface area (Å²) in [5.41, 5.74) is -0.541. The lowest BCUT2D eigenvalue weighted by Gasteiger charge is -2.38. The van der Waals surface area contributed by atoms with Gasteiger partial charge in [-0.15, -0.1) is 6.42 Å². The van der Waals surface area contributed by atoms with Gasteiger partial charge in [-0.25, -0.2) is 18.2 Å². The van der Waals surface area contributed by atoms with Gasteiger partial charge in [-0.05, 0) is 48.9 Å². The van der Waals surface area contributed by atoms with Crippen LogP contribution in [0.4, 0.5) is 19.0 Å². The van der Waals surface area contributed by atoms with Crippen molar-refractivity contribution < 1.29 is 32.1 Å². The van der Waals surface area contributed by atoms with Crippen LogP contribution >= 0.6 is 0 Å². The molecule has 2 aromatic heterocycles. The molecular weight excluding hydrogens is 599 g/mol. The quantitative estimate of drug-likeness (QED) is 0.175.